The first-order chi connectivity index (χ1) is 18.1. The number of benzene rings is 2. The molecule has 2 fully saturated rings. The van der Waals surface area contributed by atoms with E-state index >= 15 is 0 Å². The van der Waals surface area contributed by atoms with Gasteiger partial charge in [0.2, 0.25) is 0 Å². The largest absolute Gasteiger partial charge is 0.416 e. The van der Waals surface area contributed by atoms with Crippen LogP contribution in [0.5, 0.6) is 0 Å². The molecule has 0 saturated carbocycles. The van der Waals surface area contributed by atoms with E-state index in [4.69, 9.17) is 0 Å². The van der Waals surface area contributed by atoms with Crippen molar-refractivity contribution < 1.29 is 31.1 Å². The molecule has 0 spiro atoms. The highest BCUT2D eigenvalue weighted by Crippen LogP contribution is 2.40. The summed E-state index contributed by atoms with van der Waals surface area (Å²) in [4.78, 5) is 14.4. The maximum absolute atomic E-state index is 14.4. The Hall–Kier alpha value is -2.39. The lowest BCUT2D eigenvalue weighted by atomic mass is 9.69. The van der Waals surface area contributed by atoms with Crippen molar-refractivity contribution in [3.05, 3.63) is 70.8 Å². The van der Waals surface area contributed by atoms with Crippen LogP contribution in [0.15, 0.2) is 48.5 Å². The third-order valence-electron chi connectivity index (χ3n) is 8.16. The van der Waals surface area contributed by atoms with E-state index in [9.17, 15) is 31.1 Å². The first-order valence-electron chi connectivity index (χ1n) is 13.3. The first kappa shape index (κ1) is 28.6. The van der Waals surface area contributed by atoms with Crippen LogP contribution in [0.4, 0.5) is 26.3 Å². The second-order valence-electron chi connectivity index (χ2n) is 10.5. The van der Waals surface area contributed by atoms with Crippen molar-refractivity contribution in [2.24, 2.45) is 23.7 Å². The number of rotatable bonds is 8. The maximum atomic E-state index is 14.4. The zero-order chi connectivity index (χ0) is 27.3. The number of piperidine rings is 2. The quantitative estimate of drug-likeness (QED) is 0.386. The fourth-order valence-electron chi connectivity index (χ4n) is 6.19. The molecule has 2 N–H and O–H groups in total. The minimum Gasteiger partial charge on any atom is -0.317 e. The van der Waals surface area contributed by atoms with Gasteiger partial charge in [0, 0.05) is 11.8 Å². The summed E-state index contributed by atoms with van der Waals surface area (Å²) in [5, 5.41) is 6.48. The van der Waals surface area contributed by atoms with E-state index in [0.717, 1.165) is 12.1 Å². The van der Waals surface area contributed by atoms with Gasteiger partial charge in [0.05, 0.1) is 11.1 Å². The van der Waals surface area contributed by atoms with Crippen LogP contribution in [0.3, 0.4) is 0 Å². The number of hydrogen-bond acceptors (Lipinski definition) is 3. The van der Waals surface area contributed by atoms with Gasteiger partial charge < -0.3 is 10.6 Å². The summed E-state index contributed by atoms with van der Waals surface area (Å²) >= 11 is 0. The molecule has 0 aromatic heterocycles. The molecule has 2 aliphatic heterocycles. The number of Topliss-reactive ketones (excluding diaryl/α,β-unsaturated/α-hetero) is 1. The van der Waals surface area contributed by atoms with Gasteiger partial charge >= 0.3 is 12.4 Å². The maximum Gasteiger partial charge on any atom is 0.416 e. The number of nitrogens with one attached hydrogen (secondary N) is 2. The fraction of sp³-hybridized carbons (Fsp3) is 0.552. The lowest BCUT2D eigenvalue weighted by Gasteiger charge is -2.37. The molecular weight excluding hydrogens is 506 g/mol. The summed E-state index contributed by atoms with van der Waals surface area (Å²) in [5.74, 6) is -1.85. The third kappa shape index (κ3) is 6.97. The highest BCUT2D eigenvalue weighted by Gasteiger charge is 2.41. The number of hydrogen-bond donors (Lipinski definition) is 2. The molecule has 0 amide bonds. The topological polar surface area (TPSA) is 41.1 Å². The Morgan fingerprint density at radius 1 is 0.658 bits per heavy atom. The highest BCUT2D eigenvalue weighted by molar-refractivity contribution is 5.85. The van der Waals surface area contributed by atoms with Crippen LogP contribution < -0.4 is 10.6 Å². The van der Waals surface area contributed by atoms with Crippen LogP contribution in [0.25, 0.3) is 0 Å². The predicted octanol–water partition coefficient (Wildman–Crippen LogP) is 6.31. The van der Waals surface area contributed by atoms with Gasteiger partial charge in [-0.2, -0.15) is 26.3 Å². The summed E-state index contributed by atoms with van der Waals surface area (Å²) in [6, 6.07) is 10.6. The minimum atomic E-state index is -4.56. The Labute approximate surface area is 219 Å². The molecule has 2 saturated heterocycles. The molecular formula is C29H34F6N2O. The number of ketones is 1. The van der Waals surface area contributed by atoms with Gasteiger partial charge in [-0.05, 0) is 99.8 Å². The van der Waals surface area contributed by atoms with Crippen LogP contribution in [-0.4, -0.2) is 32.0 Å². The Kier molecular flexibility index (Phi) is 9.19. The van der Waals surface area contributed by atoms with Crippen LogP contribution in [0, 0.1) is 23.7 Å². The molecule has 2 heterocycles. The molecule has 0 aliphatic carbocycles. The molecule has 2 aromatic rings. The number of carbonyl (C=O) groups excluding carboxylic acids is 1. The van der Waals surface area contributed by atoms with E-state index in [1.807, 2.05) is 0 Å². The van der Waals surface area contributed by atoms with Crippen LogP contribution in [-0.2, 0) is 30.0 Å². The smallest absolute Gasteiger partial charge is 0.317 e. The predicted molar refractivity (Wildman–Crippen MR) is 133 cm³/mol. The average Bonchev–Trinajstić information content (AvgIpc) is 2.90. The molecule has 9 heteroatoms. The first-order valence-corrected chi connectivity index (χ1v) is 13.3. The van der Waals surface area contributed by atoms with Gasteiger partial charge in [0.15, 0.2) is 0 Å². The van der Waals surface area contributed by atoms with Gasteiger partial charge in [0.25, 0.3) is 0 Å². The van der Waals surface area contributed by atoms with Crippen molar-refractivity contribution in [3.8, 4) is 0 Å². The lowest BCUT2D eigenvalue weighted by Crippen LogP contribution is -2.42. The van der Waals surface area contributed by atoms with Gasteiger partial charge in [-0.15, -0.1) is 0 Å². The van der Waals surface area contributed by atoms with E-state index in [2.05, 4.69) is 10.6 Å². The van der Waals surface area contributed by atoms with E-state index in [1.165, 1.54) is 24.3 Å². The second-order valence-corrected chi connectivity index (χ2v) is 10.5. The zero-order valence-electron chi connectivity index (χ0n) is 21.2. The van der Waals surface area contributed by atoms with Crippen molar-refractivity contribution in [1.82, 2.24) is 10.6 Å². The summed E-state index contributed by atoms with van der Waals surface area (Å²) in [5.41, 5.74) is -1.38. The standard InChI is InChI=1S/C29H34F6N2O/c30-28(31,32)25-7-3-1-5-21(25)17-23(19-9-13-36-14-10-19)27(38)24(20-11-15-37-16-12-20)18-22-6-2-4-8-26(22)29(33,34)35/h1-8,19-20,23-24,36-37H,9-18H2. The summed E-state index contributed by atoms with van der Waals surface area (Å²) in [7, 11) is 0. The van der Waals surface area contributed by atoms with E-state index in [1.54, 1.807) is 12.1 Å². The van der Waals surface area contributed by atoms with Gasteiger partial charge in [-0.3, -0.25) is 4.79 Å². The molecule has 2 aliphatic rings. The molecule has 208 valence electrons. The highest BCUT2D eigenvalue weighted by atomic mass is 19.4. The summed E-state index contributed by atoms with van der Waals surface area (Å²) in [6.45, 7) is 2.63. The van der Waals surface area contributed by atoms with Gasteiger partial charge in [-0.1, -0.05) is 36.4 Å². The fourth-order valence-corrected chi connectivity index (χ4v) is 6.19. The van der Waals surface area contributed by atoms with E-state index < -0.39 is 35.3 Å². The minimum absolute atomic E-state index is 0.0663. The third-order valence-corrected chi connectivity index (χ3v) is 8.16. The summed E-state index contributed by atoms with van der Waals surface area (Å²) in [6.07, 6.45) is -6.68. The molecule has 4 rings (SSSR count). The molecule has 38 heavy (non-hydrogen) atoms. The molecule has 2 unspecified atom stereocenters. The number of halogens is 6. The Bertz CT molecular complexity index is 988. The summed E-state index contributed by atoms with van der Waals surface area (Å²) < 4.78 is 83.0. The van der Waals surface area contributed by atoms with Crippen molar-refractivity contribution in [3.63, 3.8) is 0 Å². The number of carbonyl (C=O) groups is 1. The SMILES string of the molecule is O=C(C(Cc1ccccc1C(F)(F)F)C1CCNCC1)C(Cc1ccccc1C(F)(F)F)C1CCNCC1. The van der Waals surface area contributed by atoms with Crippen molar-refractivity contribution in [1.29, 1.82) is 0 Å². The Morgan fingerprint density at radius 2 is 1.00 bits per heavy atom. The van der Waals surface area contributed by atoms with Crippen LogP contribution >= 0.6 is 0 Å². The van der Waals surface area contributed by atoms with Crippen molar-refractivity contribution >= 4 is 5.78 Å². The lowest BCUT2D eigenvalue weighted by molar-refractivity contribution is -0.139. The van der Waals surface area contributed by atoms with E-state index in [-0.39, 0.29) is 41.6 Å². The second kappa shape index (κ2) is 12.2. The molecule has 3 nitrogen and oxygen atoms in total. The molecule has 2 atom stereocenters. The Morgan fingerprint density at radius 3 is 1.34 bits per heavy atom. The number of alkyl halides is 6. The molecule has 0 radical (unpaired) electrons. The van der Waals surface area contributed by atoms with Crippen molar-refractivity contribution in [2.75, 3.05) is 26.2 Å². The average molecular weight is 541 g/mol. The van der Waals surface area contributed by atoms with Gasteiger partial charge in [-0.25, -0.2) is 0 Å². The van der Waals surface area contributed by atoms with Crippen LogP contribution in [0.2, 0.25) is 0 Å². The van der Waals surface area contributed by atoms with E-state index in [0.29, 0.717) is 51.9 Å². The van der Waals surface area contributed by atoms with Gasteiger partial charge in [0.1, 0.15) is 5.78 Å². The van der Waals surface area contributed by atoms with Crippen molar-refractivity contribution in [2.45, 2.75) is 50.9 Å². The zero-order valence-corrected chi connectivity index (χ0v) is 21.2. The Balaban J connectivity index is 1.72. The monoisotopic (exact) mass is 540 g/mol. The normalized spacial score (nSPS) is 19.7. The molecule has 0 bridgehead atoms. The molecule has 2 aromatic carbocycles. The van der Waals surface area contributed by atoms with Crippen LogP contribution in [0.1, 0.15) is 47.9 Å².